The van der Waals surface area contributed by atoms with Gasteiger partial charge in [-0.25, -0.2) is 0 Å². The molecule has 1 aliphatic carbocycles. The third-order valence-electron chi connectivity index (χ3n) is 6.42. The zero-order chi connectivity index (χ0) is 23.9. The summed E-state index contributed by atoms with van der Waals surface area (Å²) in [5, 5.41) is 90.3. The van der Waals surface area contributed by atoms with Crippen LogP contribution in [0.5, 0.6) is 0 Å². The third kappa shape index (κ3) is 4.67. The van der Waals surface area contributed by atoms with E-state index in [1.165, 1.54) is 6.92 Å². The summed E-state index contributed by atoms with van der Waals surface area (Å²) in [5.74, 6) is -0.894. The van der Waals surface area contributed by atoms with Gasteiger partial charge in [0.25, 0.3) is 0 Å². The van der Waals surface area contributed by atoms with E-state index >= 15 is 0 Å². The van der Waals surface area contributed by atoms with Crippen molar-refractivity contribution in [2.45, 2.75) is 92.7 Å². The number of ether oxygens (including phenoxy) is 4. The van der Waals surface area contributed by atoms with E-state index < -0.39 is 105 Å². The van der Waals surface area contributed by atoms with Gasteiger partial charge in [-0.3, -0.25) is 0 Å². The molecule has 3 fully saturated rings. The van der Waals surface area contributed by atoms with Gasteiger partial charge in [0.15, 0.2) is 12.6 Å². The van der Waals surface area contributed by atoms with E-state index in [9.17, 15) is 46.0 Å². The smallest absolute Gasteiger partial charge is 0.187 e. The van der Waals surface area contributed by atoms with Gasteiger partial charge in [-0.15, -0.1) is 0 Å². The molecule has 14 heteroatoms. The van der Waals surface area contributed by atoms with Crippen molar-refractivity contribution in [2.24, 2.45) is 11.7 Å². The molecule has 2 aliphatic heterocycles. The van der Waals surface area contributed by atoms with Crippen LogP contribution in [-0.4, -0.2) is 145 Å². The van der Waals surface area contributed by atoms with Crippen LogP contribution in [0.15, 0.2) is 0 Å². The van der Waals surface area contributed by atoms with Crippen molar-refractivity contribution < 1.29 is 64.9 Å². The number of aliphatic hydroxyl groups is 9. The summed E-state index contributed by atoms with van der Waals surface area (Å²) < 4.78 is 21.8. The maximum absolute atomic E-state index is 10.6. The fraction of sp³-hybridized carbons (Fsp3) is 1.00. The highest BCUT2D eigenvalue weighted by Gasteiger charge is 2.54. The lowest BCUT2D eigenvalue weighted by atomic mass is 9.97. The zero-order valence-electron chi connectivity index (χ0n) is 17.3. The quantitative estimate of drug-likeness (QED) is 0.173. The SMILES string of the molecule is C[C@H]1O[C@H](O[C@H]2[C@H](O)[C@@H](O)[C@@H](O[C@H]3[C@H](O)[C@@H](O)[C@H](N)[C@@H]3CO)O[C@@H]2CO)[C@H](O)[C@@H](O)[C@@H]1O. The molecule has 1 saturated carbocycles. The van der Waals surface area contributed by atoms with E-state index in [2.05, 4.69) is 0 Å². The van der Waals surface area contributed by atoms with Crippen LogP contribution in [0.2, 0.25) is 0 Å². The molecule has 0 unspecified atom stereocenters. The topological polar surface area (TPSA) is 245 Å². The van der Waals surface area contributed by atoms with Crippen LogP contribution >= 0.6 is 0 Å². The van der Waals surface area contributed by atoms with E-state index in [0.29, 0.717) is 0 Å². The first kappa shape index (κ1) is 26.1. The summed E-state index contributed by atoms with van der Waals surface area (Å²) in [6.45, 7) is 0.163. The summed E-state index contributed by atoms with van der Waals surface area (Å²) in [4.78, 5) is 0. The number of aliphatic hydroxyl groups excluding tert-OH is 9. The van der Waals surface area contributed by atoms with Gasteiger partial charge in [0.2, 0.25) is 0 Å². The van der Waals surface area contributed by atoms with Gasteiger partial charge in [0.1, 0.15) is 48.8 Å². The Kier molecular flexibility index (Phi) is 8.44. The standard InChI is InChI=1S/C18H33NO13/c1-4-8(22)10(24)13(27)17(29-4)32-16-6(3-21)30-18(14(28)12(16)26)31-15-5(2-20)7(19)9(23)11(15)25/h4-18,20-28H,2-3,19H2,1H3/t4-,5+,6-,7-,8-,9+,10+,11-,12-,13-,14-,15-,16-,17-,18-/m1/s1. The van der Waals surface area contributed by atoms with Gasteiger partial charge in [0.05, 0.1) is 31.5 Å². The Morgan fingerprint density at radius 1 is 0.656 bits per heavy atom. The van der Waals surface area contributed by atoms with Crippen molar-refractivity contribution in [1.29, 1.82) is 0 Å². The van der Waals surface area contributed by atoms with Crippen molar-refractivity contribution in [3.63, 3.8) is 0 Å². The lowest BCUT2D eigenvalue weighted by molar-refractivity contribution is -0.363. The summed E-state index contributed by atoms with van der Waals surface area (Å²) in [6.07, 6.45) is -19.1. The van der Waals surface area contributed by atoms with E-state index in [0.717, 1.165) is 0 Å². The molecular weight excluding hydrogens is 438 g/mol. The van der Waals surface area contributed by atoms with Crippen molar-refractivity contribution in [2.75, 3.05) is 13.2 Å². The summed E-state index contributed by atoms with van der Waals surface area (Å²) >= 11 is 0. The average Bonchev–Trinajstić information content (AvgIpc) is 2.98. The van der Waals surface area contributed by atoms with Crippen LogP contribution < -0.4 is 5.73 Å². The lowest BCUT2D eigenvalue weighted by Gasteiger charge is -2.46. The summed E-state index contributed by atoms with van der Waals surface area (Å²) in [6, 6.07) is -1.01. The van der Waals surface area contributed by atoms with Gasteiger partial charge in [-0.1, -0.05) is 0 Å². The molecule has 0 radical (unpaired) electrons. The number of rotatable bonds is 6. The fourth-order valence-corrected chi connectivity index (χ4v) is 4.32. The maximum Gasteiger partial charge on any atom is 0.187 e. The molecule has 188 valence electrons. The van der Waals surface area contributed by atoms with E-state index in [1.807, 2.05) is 0 Å². The van der Waals surface area contributed by atoms with E-state index in [1.54, 1.807) is 0 Å². The molecule has 2 heterocycles. The van der Waals surface area contributed by atoms with Gasteiger partial charge in [-0.05, 0) is 6.92 Å². The second kappa shape index (κ2) is 10.4. The molecule has 0 aromatic carbocycles. The molecule has 2 saturated heterocycles. The molecule has 3 rings (SSSR count). The van der Waals surface area contributed by atoms with Crippen LogP contribution in [0.1, 0.15) is 6.92 Å². The van der Waals surface area contributed by atoms with Crippen LogP contribution in [0, 0.1) is 5.92 Å². The predicted molar refractivity (Wildman–Crippen MR) is 100 cm³/mol. The highest BCUT2D eigenvalue weighted by Crippen LogP contribution is 2.34. The molecule has 3 aliphatic rings. The maximum atomic E-state index is 10.6. The molecule has 0 amide bonds. The van der Waals surface area contributed by atoms with Crippen LogP contribution in [0.25, 0.3) is 0 Å². The molecule has 0 aromatic rings. The molecule has 0 aromatic heterocycles. The Bertz CT molecular complexity index is 613. The minimum Gasteiger partial charge on any atom is -0.396 e. The van der Waals surface area contributed by atoms with Gasteiger partial charge in [-0.2, -0.15) is 0 Å². The molecule has 11 N–H and O–H groups in total. The first-order valence-corrected chi connectivity index (χ1v) is 10.4. The van der Waals surface area contributed by atoms with Gasteiger partial charge < -0.3 is 70.6 Å². The molecule has 15 atom stereocenters. The van der Waals surface area contributed by atoms with Gasteiger partial charge >= 0.3 is 0 Å². The number of nitrogens with two attached hydrogens (primary N) is 1. The van der Waals surface area contributed by atoms with Crippen molar-refractivity contribution in [3.8, 4) is 0 Å². The molecular formula is C18H33NO13. The molecule has 0 spiro atoms. The predicted octanol–water partition coefficient (Wildman–Crippen LogP) is -6.31. The summed E-state index contributed by atoms with van der Waals surface area (Å²) in [5.41, 5.74) is 5.77. The third-order valence-corrected chi connectivity index (χ3v) is 6.42. The second-order valence-electron chi connectivity index (χ2n) is 8.49. The van der Waals surface area contributed by atoms with Crippen LogP contribution in [0.4, 0.5) is 0 Å². The highest BCUT2D eigenvalue weighted by molar-refractivity contribution is 5.02. The highest BCUT2D eigenvalue weighted by atomic mass is 16.7. The fourth-order valence-electron chi connectivity index (χ4n) is 4.32. The summed E-state index contributed by atoms with van der Waals surface area (Å²) in [7, 11) is 0. The average molecular weight is 471 g/mol. The molecule has 14 nitrogen and oxygen atoms in total. The van der Waals surface area contributed by atoms with Crippen molar-refractivity contribution in [3.05, 3.63) is 0 Å². The Hall–Kier alpha value is -0.560. The Morgan fingerprint density at radius 3 is 1.78 bits per heavy atom. The minimum atomic E-state index is -1.78. The van der Waals surface area contributed by atoms with Gasteiger partial charge in [0, 0.05) is 12.0 Å². The zero-order valence-corrected chi connectivity index (χ0v) is 17.3. The Balaban J connectivity index is 1.71. The van der Waals surface area contributed by atoms with Crippen molar-refractivity contribution >= 4 is 0 Å². The number of hydrogen-bond acceptors (Lipinski definition) is 14. The van der Waals surface area contributed by atoms with E-state index in [4.69, 9.17) is 24.7 Å². The monoisotopic (exact) mass is 471 g/mol. The Morgan fingerprint density at radius 2 is 1.19 bits per heavy atom. The molecule has 32 heavy (non-hydrogen) atoms. The van der Waals surface area contributed by atoms with Crippen LogP contribution in [0.3, 0.4) is 0 Å². The molecule has 0 bridgehead atoms. The largest absolute Gasteiger partial charge is 0.396 e. The van der Waals surface area contributed by atoms with Crippen molar-refractivity contribution in [1.82, 2.24) is 0 Å². The first-order chi connectivity index (χ1) is 15.0. The minimum absolute atomic E-state index is 0.538. The second-order valence-corrected chi connectivity index (χ2v) is 8.49. The Labute approximate surface area is 183 Å². The normalized spacial score (nSPS) is 54.7. The first-order valence-electron chi connectivity index (χ1n) is 10.4. The van der Waals surface area contributed by atoms with Crippen LogP contribution in [-0.2, 0) is 18.9 Å². The lowest BCUT2D eigenvalue weighted by Crippen LogP contribution is -2.64. The van der Waals surface area contributed by atoms with E-state index in [-0.39, 0.29) is 0 Å². The number of hydrogen-bond donors (Lipinski definition) is 10.